The van der Waals surface area contributed by atoms with Gasteiger partial charge in [-0.2, -0.15) is 0 Å². The van der Waals surface area contributed by atoms with Crippen molar-refractivity contribution in [3.05, 3.63) is 0 Å². The van der Waals surface area contributed by atoms with Gasteiger partial charge in [-0.25, -0.2) is 0 Å². The lowest BCUT2D eigenvalue weighted by atomic mass is 9.75. The van der Waals surface area contributed by atoms with Gasteiger partial charge < -0.3 is 36.6 Å². The van der Waals surface area contributed by atoms with Crippen LogP contribution in [0.2, 0.25) is 6.32 Å². The van der Waals surface area contributed by atoms with Gasteiger partial charge in [-0.1, -0.05) is 6.42 Å². The van der Waals surface area contributed by atoms with Gasteiger partial charge in [0.05, 0.1) is 6.61 Å². The molecule has 1 rings (SSSR count). The molecule has 12 heteroatoms. The quantitative estimate of drug-likeness (QED) is 0.280. The lowest BCUT2D eigenvalue weighted by Crippen LogP contribution is -2.64. The van der Waals surface area contributed by atoms with Gasteiger partial charge in [0.25, 0.3) is 0 Å². The van der Waals surface area contributed by atoms with E-state index < -0.39 is 37.2 Å². The topological polar surface area (TPSA) is 170 Å². The molecule has 0 radical (unpaired) electrons. The number of aliphatic hydroxyl groups excluding tert-OH is 1. The van der Waals surface area contributed by atoms with Gasteiger partial charge in [0.2, 0.25) is 5.91 Å². The fourth-order valence-corrected chi connectivity index (χ4v) is 2.57. The van der Waals surface area contributed by atoms with Gasteiger partial charge in [0.1, 0.15) is 11.6 Å². The smallest absolute Gasteiger partial charge is 0.451 e. The Labute approximate surface area is 147 Å². The molecule has 0 aliphatic carbocycles. The fourth-order valence-electron chi connectivity index (χ4n) is 2.57. The number of likely N-dealkylation sites (tertiary alicyclic amines) is 1. The summed E-state index contributed by atoms with van der Waals surface area (Å²) in [4.78, 5) is 24.6. The van der Waals surface area contributed by atoms with Gasteiger partial charge in [-0.05, 0) is 18.7 Å². The van der Waals surface area contributed by atoms with Crippen molar-refractivity contribution >= 4 is 43.8 Å². The summed E-state index contributed by atoms with van der Waals surface area (Å²) in [5.74, 6) is -2.08. The van der Waals surface area contributed by atoms with E-state index >= 15 is 0 Å². The second-order valence-corrected chi connectivity index (χ2v) is 5.60. The third-order valence-corrected chi connectivity index (χ3v) is 3.69. The molecular weight excluding hydrogens is 352 g/mol. The molecule has 0 aromatic carbocycles. The highest BCUT2D eigenvalue weighted by molar-refractivity contribution is 6.40. The number of piperidine rings is 1. The van der Waals surface area contributed by atoms with Crippen LogP contribution in [-0.2, 0) is 9.59 Å². The molecule has 1 fully saturated rings. The number of amides is 1. The number of hydrogen-bond donors (Lipinski definition) is 6. The van der Waals surface area contributed by atoms with Crippen LogP contribution in [0.15, 0.2) is 0 Å². The van der Waals surface area contributed by atoms with Gasteiger partial charge in [0.15, 0.2) is 0 Å². The molecule has 0 spiro atoms. The Bertz CT molecular complexity index is 406. The van der Waals surface area contributed by atoms with Crippen molar-refractivity contribution in [3.63, 3.8) is 0 Å². The van der Waals surface area contributed by atoms with Gasteiger partial charge in [-0.3, -0.25) is 9.59 Å². The molecule has 0 aromatic rings. The minimum Gasteiger partial charge on any atom is -0.480 e. The van der Waals surface area contributed by atoms with Crippen LogP contribution in [0.25, 0.3) is 0 Å². The maximum Gasteiger partial charge on any atom is 0.451 e. The summed E-state index contributed by atoms with van der Waals surface area (Å²) in [5.41, 5.74) is 9.71. The summed E-state index contributed by atoms with van der Waals surface area (Å²) in [5, 5.41) is 36.0. The number of carboxylic acid groups (broad SMARTS) is 1. The normalized spacial score (nSPS) is 24.9. The van der Waals surface area contributed by atoms with Gasteiger partial charge >= 0.3 is 13.1 Å². The average molecular weight is 376 g/mol. The summed E-state index contributed by atoms with van der Waals surface area (Å²) in [6.07, 6.45) is 0.518. The fraction of sp³-hybridized carbons (Fsp3) is 0.818. The summed E-state index contributed by atoms with van der Waals surface area (Å²) in [6.45, 7) is -0.501. The number of carbonyl (C=O) groups is 2. The first-order valence-corrected chi connectivity index (χ1v) is 6.73. The van der Waals surface area contributed by atoms with Crippen LogP contribution in [0, 0.1) is 5.92 Å². The van der Waals surface area contributed by atoms with Crippen LogP contribution in [0.3, 0.4) is 0 Å². The molecule has 0 bridgehead atoms. The SMILES string of the molecule is Cl.Cl.N[C@@H](CO)C(=O)N1C[C@@H](CCB(O)O)C[C@](N)(C(=O)O)C1. The lowest BCUT2D eigenvalue weighted by molar-refractivity contribution is -0.149. The van der Waals surface area contributed by atoms with Crippen molar-refractivity contribution in [2.24, 2.45) is 17.4 Å². The Balaban J connectivity index is 0. The van der Waals surface area contributed by atoms with E-state index in [0.717, 1.165) is 0 Å². The molecule has 1 heterocycles. The maximum absolute atomic E-state index is 12.0. The van der Waals surface area contributed by atoms with Crippen molar-refractivity contribution < 1.29 is 29.9 Å². The van der Waals surface area contributed by atoms with Gasteiger partial charge in [-0.15, -0.1) is 24.8 Å². The molecule has 0 unspecified atom stereocenters. The van der Waals surface area contributed by atoms with E-state index in [1.807, 2.05) is 0 Å². The zero-order chi connectivity index (χ0) is 16.2. The molecular formula is C11H24BCl2N3O6. The average Bonchev–Trinajstić information content (AvgIpc) is 2.42. The van der Waals surface area contributed by atoms with Crippen LogP contribution >= 0.6 is 24.8 Å². The Morgan fingerprint density at radius 3 is 2.35 bits per heavy atom. The van der Waals surface area contributed by atoms with E-state index in [0.29, 0.717) is 6.42 Å². The second kappa shape index (κ2) is 10.3. The molecule has 136 valence electrons. The second-order valence-electron chi connectivity index (χ2n) is 5.60. The van der Waals surface area contributed by atoms with Crippen LogP contribution in [0.5, 0.6) is 0 Å². The third kappa shape index (κ3) is 6.80. The molecule has 1 aliphatic rings. The summed E-state index contributed by atoms with van der Waals surface area (Å²) in [7, 11) is -1.49. The number of halogens is 2. The summed E-state index contributed by atoms with van der Waals surface area (Å²) >= 11 is 0. The number of nitrogens with zero attached hydrogens (tertiary/aromatic N) is 1. The molecule has 1 amide bonds. The van der Waals surface area contributed by atoms with E-state index in [2.05, 4.69) is 0 Å². The number of aliphatic hydroxyl groups is 1. The molecule has 0 saturated carbocycles. The number of hydrogen-bond acceptors (Lipinski definition) is 7. The highest BCUT2D eigenvalue weighted by Crippen LogP contribution is 2.28. The minimum atomic E-state index is -1.60. The van der Waals surface area contributed by atoms with E-state index in [4.69, 9.17) is 26.6 Å². The number of carboxylic acids is 1. The molecule has 9 nitrogen and oxygen atoms in total. The van der Waals surface area contributed by atoms with E-state index in [-0.39, 0.29) is 56.6 Å². The predicted octanol–water partition coefficient (Wildman–Crippen LogP) is -2.36. The molecule has 8 N–H and O–H groups in total. The molecule has 1 saturated heterocycles. The summed E-state index contributed by atoms with van der Waals surface area (Å²) < 4.78 is 0. The lowest BCUT2D eigenvalue weighted by Gasteiger charge is -2.42. The van der Waals surface area contributed by atoms with Crippen LogP contribution in [0.4, 0.5) is 0 Å². The summed E-state index contributed by atoms with van der Waals surface area (Å²) in [6, 6.07) is -1.12. The third-order valence-electron chi connectivity index (χ3n) is 3.69. The predicted molar refractivity (Wildman–Crippen MR) is 88.4 cm³/mol. The number of nitrogens with two attached hydrogens (primary N) is 2. The van der Waals surface area contributed by atoms with Gasteiger partial charge in [0, 0.05) is 13.1 Å². The van der Waals surface area contributed by atoms with Crippen LogP contribution < -0.4 is 11.5 Å². The monoisotopic (exact) mass is 375 g/mol. The Kier molecular flexibility index (Phi) is 11.0. The molecule has 0 aromatic heterocycles. The Morgan fingerprint density at radius 1 is 1.35 bits per heavy atom. The van der Waals surface area contributed by atoms with E-state index in [1.165, 1.54) is 4.90 Å². The standard InChI is InChI=1S/C11H22BN3O6.2ClH/c13-8(5-16)9(17)15-4-7(1-2-12(20)21)3-11(14,6-15)10(18)19;;/h7-8,16,20-21H,1-6,13-14H2,(H,18,19);2*1H/t7-,8-,11+;;/m0../s1. The van der Waals surface area contributed by atoms with Crippen molar-refractivity contribution in [1.82, 2.24) is 4.90 Å². The number of rotatable bonds is 6. The molecule has 3 atom stereocenters. The largest absolute Gasteiger partial charge is 0.480 e. The molecule has 1 aliphatic heterocycles. The van der Waals surface area contributed by atoms with Crippen molar-refractivity contribution in [2.75, 3.05) is 19.7 Å². The maximum atomic E-state index is 12.0. The Hall–Kier alpha value is -0.615. The van der Waals surface area contributed by atoms with Crippen LogP contribution in [-0.4, -0.2) is 75.4 Å². The van der Waals surface area contributed by atoms with E-state index in [1.54, 1.807) is 0 Å². The highest BCUT2D eigenvalue weighted by Gasteiger charge is 2.44. The first-order chi connectivity index (χ1) is 9.69. The molecule has 23 heavy (non-hydrogen) atoms. The highest BCUT2D eigenvalue weighted by atomic mass is 35.5. The van der Waals surface area contributed by atoms with Crippen molar-refractivity contribution in [1.29, 1.82) is 0 Å². The van der Waals surface area contributed by atoms with Crippen molar-refractivity contribution in [2.45, 2.75) is 30.7 Å². The van der Waals surface area contributed by atoms with Crippen LogP contribution in [0.1, 0.15) is 12.8 Å². The van der Waals surface area contributed by atoms with Crippen molar-refractivity contribution in [3.8, 4) is 0 Å². The number of aliphatic carboxylic acids is 1. The zero-order valence-corrected chi connectivity index (χ0v) is 14.1. The minimum absolute atomic E-state index is 0. The first kappa shape index (κ1) is 24.6. The number of carbonyl (C=O) groups excluding carboxylic acids is 1. The zero-order valence-electron chi connectivity index (χ0n) is 12.5. The van der Waals surface area contributed by atoms with E-state index in [9.17, 15) is 14.7 Å². The Morgan fingerprint density at radius 2 is 1.91 bits per heavy atom. The first-order valence-electron chi connectivity index (χ1n) is 6.73.